The molecule has 2 rings (SSSR count). The average Bonchev–Trinajstić information content (AvgIpc) is 2.02. The van der Waals surface area contributed by atoms with Gasteiger partial charge in [-0.3, -0.25) is 0 Å². The lowest BCUT2D eigenvalue weighted by Gasteiger charge is -2.22. The van der Waals surface area contributed by atoms with Crippen molar-refractivity contribution < 1.29 is 13.5 Å². The van der Waals surface area contributed by atoms with Gasteiger partial charge in [0, 0.05) is 11.6 Å². The van der Waals surface area contributed by atoms with Crippen LogP contribution in [0.1, 0.15) is 12.5 Å². The SMILES string of the molecule is C[C@H]1COc2c(F)cc(F)cc2C1. The van der Waals surface area contributed by atoms with E-state index in [-0.39, 0.29) is 5.75 Å². The number of ether oxygens (including phenoxy) is 1. The molecule has 0 amide bonds. The Balaban J connectivity index is 2.47. The summed E-state index contributed by atoms with van der Waals surface area (Å²) < 4.78 is 31.1. The smallest absolute Gasteiger partial charge is 0.168 e. The van der Waals surface area contributed by atoms with Crippen LogP contribution in [-0.2, 0) is 6.42 Å². The van der Waals surface area contributed by atoms with Crippen LogP contribution < -0.4 is 4.74 Å². The van der Waals surface area contributed by atoms with Crippen molar-refractivity contribution in [1.82, 2.24) is 0 Å². The van der Waals surface area contributed by atoms with Gasteiger partial charge in [0.05, 0.1) is 6.61 Å². The Morgan fingerprint density at radius 2 is 2.15 bits per heavy atom. The molecule has 3 heteroatoms. The van der Waals surface area contributed by atoms with Crippen LogP contribution in [0.4, 0.5) is 8.78 Å². The van der Waals surface area contributed by atoms with Gasteiger partial charge in [0.15, 0.2) is 11.6 Å². The fourth-order valence-corrected chi connectivity index (χ4v) is 1.59. The Bertz CT molecular complexity index is 336. The second kappa shape index (κ2) is 2.98. The highest BCUT2D eigenvalue weighted by Crippen LogP contribution is 2.30. The van der Waals surface area contributed by atoms with Crippen molar-refractivity contribution in [2.45, 2.75) is 13.3 Å². The van der Waals surface area contributed by atoms with Crippen molar-refractivity contribution in [3.63, 3.8) is 0 Å². The van der Waals surface area contributed by atoms with Crippen molar-refractivity contribution in [3.05, 3.63) is 29.3 Å². The molecule has 13 heavy (non-hydrogen) atoms. The predicted octanol–water partition coefficient (Wildman–Crippen LogP) is 2.54. The quantitative estimate of drug-likeness (QED) is 0.602. The number of halogens is 2. The zero-order valence-electron chi connectivity index (χ0n) is 7.31. The lowest BCUT2D eigenvalue weighted by Crippen LogP contribution is -2.19. The number of fused-ring (bicyclic) bond motifs is 1. The highest BCUT2D eigenvalue weighted by Gasteiger charge is 2.20. The molecule has 0 saturated heterocycles. The lowest BCUT2D eigenvalue weighted by molar-refractivity contribution is 0.222. The van der Waals surface area contributed by atoms with Gasteiger partial charge in [-0.2, -0.15) is 0 Å². The van der Waals surface area contributed by atoms with E-state index in [4.69, 9.17) is 4.74 Å². The molecule has 0 saturated carbocycles. The third kappa shape index (κ3) is 1.50. The van der Waals surface area contributed by atoms with E-state index in [0.717, 1.165) is 6.07 Å². The molecule has 0 bridgehead atoms. The first kappa shape index (κ1) is 8.48. The van der Waals surface area contributed by atoms with Crippen molar-refractivity contribution in [2.75, 3.05) is 6.61 Å². The standard InChI is InChI=1S/C10H10F2O/c1-6-2-7-3-8(11)4-9(12)10(7)13-5-6/h3-4,6H,2,5H2,1H3/t6-/m1/s1. The van der Waals surface area contributed by atoms with Gasteiger partial charge in [0.25, 0.3) is 0 Å². The molecule has 0 aliphatic carbocycles. The topological polar surface area (TPSA) is 9.23 Å². The van der Waals surface area contributed by atoms with Crippen LogP contribution in [0.25, 0.3) is 0 Å². The molecular weight excluding hydrogens is 174 g/mol. The molecule has 0 fully saturated rings. The molecule has 0 N–H and O–H groups in total. The maximum Gasteiger partial charge on any atom is 0.168 e. The lowest BCUT2D eigenvalue weighted by atomic mass is 9.98. The Hall–Kier alpha value is -1.12. The third-order valence-corrected chi connectivity index (χ3v) is 2.17. The van der Waals surface area contributed by atoms with Crippen LogP contribution in [0.2, 0.25) is 0 Å². The van der Waals surface area contributed by atoms with Gasteiger partial charge in [0.1, 0.15) is 5.82 Å². The van der Waals surface area contributed by atoms with E-state index >= 15 is 0 Å². The van der Waals surface area contributed by atoms with Crippen LogP contribution in [0.15, 0.2) is 12.1 Å². The first-order valence-corrected chi connectivity index (χ1v) is 4.27. The van der Waals surface area contributed by atoms with E-state index in [1.807, 2.05) is 6.92 Å². The molecule has 0 unspecified atom stereocenters. The molecule has 0 radical (unpaired) electrons. The van der Waals surface area contributed by atoms with Crippen LogP contribution in [0, 0.1) is 17.6 Å². The second-order valence-corrected chi connectivity index (χ2v) is 3.50. The molecule has 1 heterocycles. The summed E-state index contributed by atoms with van der Waals surface area (Å²) in [5, 5.41) is 0. The molecule has 0 spiro atoms. The van der Waals surface area contributed by atoms with E-state index in [9.17, 15) is 8.78 Å². The highest BCUT2D eigenvalue weighted by atomic mass is 19.1. The minimum absolute atomic E-state index is 0.222. The normalized spacial score (nSPS) is 20.7. The van der Waals surface area contributed by atoms with E-state index < -0.39 is 11.6 Å². The van der Waals surface area contributed by atoms with Crippen molar-refractivity contribution in [2.24, 2.45) is 5.92 Å². The first-order chi connectivity index (χ1) is 6.16. The summed E-state index contributed by atoms with van der Waals surface area (Å²) >= 11 is 0. The van der Waals surface area contributed by atoms with E-state index in [2.05, 4.69) is 0 Å². The maximum absolute atomic E-state index is 13.1. The molecule has 1 nitrogen and oxygen atoms in total. The van der Waals surface area contributed by atoms with Crippen molar-refractivity contribution in [1.29, 1.82) is 0 Å². The predicted molar refractivity (Wildman–Crippen MR) is 44.7 cm³/mol. The average molecular weight is 184 g/mol. The Kier molecular flexibility index (Phi) is 1.94. The Morgan fingerprint density at radius 1 is 1.38 bits per heavy atom. The van der Waals surface area contributed by atoms with E-state index in [1.165, 1.54) is 6.07 Å². The van der Waals surface area contributed by atoms with Gasteiger partial charge < -0.3 is 4.74 Å². The maximum atomic E-state index is 13.1. The number of benzene rings is 1. The van der Waals surface area contributed by atoms with Gasteiger partial charge in [-0.15, -0.1) is 0 Å². The summed E-state index contributed by atoms with van der Waals surface area (Å²) in [6.45, 7) is 2.50. The van der Waals surface area contributed by atoms with Gasteiger partial charge in [0.2, 0.25) is 0 Å². The second-order valence-electron chi connectivity index (χ2n) is 3.50. The molecule has 1 aliphatic heterocycles. The molecule has 1 aliphatic rings. The Labute approximate surface area is 75.3 Å². The summed E-state index contributed by atoms with van der Waals surface area (Å²) in [7, 11) is 0. The zero-order chi connectivity index (χ0) is 9.42. The molecule has 70 valence electrons. The summed E-state index contributed by atoms with van der Waals surface area (Å²) in [5.41, 5.74) is 0.635. The van der Waals surface area contributed by atoms with Gasteiger partial charge in [-0.05, 0) is 18.4 Å². The monoisotopic (exact) mass is 184 g/mol. The van der Waals surface area contributed by atoms with Crippen LogP contribution in [0.5, 0.6) is 5.75 Å². The summed E-state index contributed by atoms with van der Waals surface area (Å²) in [4.78, 5) is 0. The highest BCUT2D eigenvalue weighted by molar-refractivity contribution is 5.37. The van der Waals surface area contributed by atoms with Crippen molar-refractivity contribution in [3.8, 4) is 5.75 Å². The first-order valence-electron chi connectivity index (χ1n) is 4.27. The largest absolute Gasteiger partial charge is 0.490 e. The molecular formula is C10H10F2O. The van der Waals surface area contributed by atoms with Crippen LogP contribution in [-0.4, -0.2) is 6.61 Å². The van der Waals surface area contributed by atoms with Crippen molar-refractivity contribution >= 4 is 0 Å². The van der Waals surface area contributed by atoms with Gasteiger partial charge in [-0.1, -0.05) is 6.92 Å². The molecule has 1 aromatic carbocycles. The molecule has 0 aromatic heterocycles. The number of hydrogen-bond donors (Lipinski definition) is 0. The van der Waals surface area contributed by atoms with E-state index in [0.29, 0.717) is 24.5 Å². The molecule has 1 aromatic rings. The fourth-order valence-electron chi connectivity index (χ4n) is 1.59. The zero-order valence-corrected chi connectivity index (χ0v) is 7.31. The number of rotatable bonds is 0. The van der Waals surface area contributed by atoms with Gasteiger partial charge >= 0.3 is 0 Å². The summed E-state index contributed by atoms with van der Waals surface area (Å²) in [6, 6.07) is 2.20. The fraction of sp³-hybridized carbons (Fsp3) is 0.400. The minimum Gasteiger partial charge on any atom is -0.490 e. The van der Waals surface area contributed by atoms with Crippen LogP contribution >= 0.6 is 0 Å². The van der Waals surface area contributed by atoms with Gasteiger partial charge in [-0.25, -0.2) is 8.78 Å². The van der Waals surface area contributed by atoms with E-state index in [1.54, 1.807) is 0 Å². The Morgan fingerprint density at radius 3 is 2.92 bits per heavy atom. The molecule has 1 atom stereocenters. The van der Waals surface area contributed by atoms with Crippen LogP contribution in [0.3, 0.4) is 0 Å². The third-order valence-electron chi connectivity index (χ3n) is 2.17. The minimum atomic E-state index is -0.595. The summed E-state index contributed by atoms with van der Waals surface area (Å²) in [5.74, 6) is -0.580. The summed E-state index contributed by atoms with van der Waals surface area (Å²) in [6.07, 6.45) is 0.685. The number of hydrogen-bond acceptors (Lipinski definition) is 1.